The van der Waals surface area contributed by atoms with E-state index in [1.165, 1.54) is 11.3 Å². The summed E-state index contributed by atoms with van der Waals surface area (Å²) in [7, 11) is 0. The fourth-order valence-corrected chi connectivity index (χ4v) is 2.71. The van der Waals surface area contributed by atoms with E-state index >= 15 is 0 Å². The van der Waals surface area contributed by atoms with Crippen LogP contribution in [0.5, 0.6) is 5.75 Å². The number of carboxylic acids is 1. The maximum Gasteiger partial charge on any atom is 0.339 e. The van der Waals surface area contributed by atoms with Crippen LogP contribution in [0, 0.1) is 0 Å². The number of aromatic carboxylic acids is 1. The fourth-order valence-electron chi connectivity index (χ4n) is 2.14. The molecule has 2 aromatic carbocycles. The van der Waals surface area contributed by atoms with E-state index in [-0.39, 0.29) is 5.56 Å². The number of benzene rings is 2. The number of hydrogen-bond acceptors (Lipinski definition) is 5. The van der Waals surface area contributed by atoms with Gasteiger partial charge in [-0.1, -0.05) is 30.3 Å². The summed E-state index contributed by atoms with van der Waals surface area (Å²) in [4.78, 5) is 15.7. The second kappa shape index (κ2) is 6.50. The van der Waals surface area contributed by atoms with Crippen LogP contribution in [0.3, 0.4) is 0 Å². The average molecular weight is 326 g/mol. The first-order chi connectivity index (χ1) is 11.1. The van der Waals surface area contributed by atoms with E-state index in [9.17, 15) is 9.90 Å². The molecule has 0 unspecified atom stereocenters. The first kappa shape index (κ1) is 15.1. The van der Waals surface area contributed by atoms with E-state index in [2.05, 4.69) is 4.98 Å². The lowest BCUT2D eigenvalue weighted by Crippen LogP contribution is -2.04. The van der Waals surface area contributed by atoms with Crippen LogP contribution in [-0.2, 0) is 6.61 Å². The van der Waals surface area contributed by atoms with Crippen molar-refractivity contribution in [3.8, 4) is 17.0 Å². The van der Waals surface area contributed by atoms with Crippen molar-refractivity contribution in [2.24, 2.45) is 0 Å². The molecule has 1 aromatic heterocycles. The summed E-state index contributed by atoms with van der Waals surface area (Å²) in [6.07, 6.45) is 0. The highest BCUT2D eigenvalue weighted by molar-refractivity contribution is 7.13. The van der Waals surface area contributed by atoms with Crippen LogP contribution in [-0.4, -0.2) is 16.1 Å². The number of nitrogen functional groups attached to an aromatic ring is 1. The standard InChI is InChI=1S/C17H14N2O3S/c18-17-19-14(10-23-17)12-6-7-15(13(8-12)16(20)21)22-9-11-4-2-1-3-5-11/h1-8,10H,9H2,(H2,18,19)(H,20,21). The summed E-state index contributed by atoms with van der Waals surface area (Å²) in [5.41, 5.74) is 8.05. The number of carbonyl (C=O) groups is 1. The molecule has 0 atom stereocenters. The van der Waals surface area contributed by atoms with Crippen LogP contribution in [0.15, 0.2) is 53.9 Å². The largest absolute Gasteiger partial charge is 0.488 e. The predicted molar refractivity (Wildman–Crippen MR) is 89.7 cm³/mol. The third-order valence-corrected chi connectivity index (χ3v) is 3.94. The Morgan fingerprint density at radius 2 is 2.00 bits per heavy atom. The molecular weight excluding hydrogens is 312 g/mol. The summed E-state index contributed by atoms with van der Waals surface area (Å²) < 4.78 is 5.66. The number of thiazole rings is 1. The number of aromatic nitrogens is 1. The number of nitrogens with two attached hydrogens (primary N) is 1. The maximum absolute atomic E-state index is 11.5. The minimum atomic E-state index is -1.04. The molecule has 3 N–H and O–H groups in total. The number of nitrogens with zero attached hydrogens (tertiary/aromatic N) is 1. The van der Waals surface area contributed by atoms with E-state index in [1.807, 2.05) is 30.3 Å². The zero-order valence-electron chi connectivity index (χ0n) is 12.1. The smallest absolute Gasteiger partial charge is 0.339 e. The fraction of sp³-hybridized carbons (Fsp3) is 0.0588. The third-order valence-electron chi connectivity index (χ3n) is 3.26. The summed E-state index contributed by atoms with van der Waals surface area (Å²) in [5.74, 6) is -0.716. The van der Waals surface area contributed by atoms with Gasteiger partial charge in [0.2, 0.25) is 0 Å². The highest BCUT2D eigenvalue weighted by Crippen LogP contribution is 2.29. The summed E-state index contributed by atoms with van der Waals surface area (Å²) >= 11 is 1.31. The van der Waals surface area contributed by atoms with E-state index in [4.69, 9.17) is 10.5 Å². The van der Waals surface area contributed by atoms with Gasteiger partial charge in [-0.15, -0.1) is 11.3 Å². The van der Waals surface area contributed by atoms with Crippen LogP contribution in [0.25, 0.3) is 11.3 Å². The van der Waals surface area contributed by atoms with E-state index < -0.39 is 5.97 Å². The summed E-state index contributed by atoms with van der Waals surface area (Å²) in [5, 5.41) is 11.7. The molecule has 0 saturated carbocycles. The zero-order chi connectivity index (χ0) is 16.2. The van der Waals surface area contributed by atoms with Crippen LogP contribution in [0.4, 0.5) is 5.13 Å². The molecule has 0 fully saturated rings. The molecule has 116 valence electrons. The first-order valence-electron chi connectivity index (χ1n) is 6.89. The van der Waals surface area contributed by atoms with Gasteiger partial charge in [0.25, 0.3) is 0 Å². The quantitative estimate of drug-likeness (QED) is 0.747. The molecule has 3 aromatic rings. The SMILES string of the molecule is Nc1nc(-c2ccc(OCc3ccccc3)c(C(=O)O)c2)cs1. The minimum absolute atomic E-state index is 0.102. The lowest BCUT2D eigenvalue weighted by molar-refractivity contribution is 0.0692. The van der Waals surface area contributed by atoms with E-state index in [1.54, 1.807) is 23.6 Å². The highest BCUT2D eigenvalue weighted by atomic mass is 32.1. The average Bonchev–Trinajstić information content (AvgIpc) is 3.00. The highest BCUT2D eigenvalue weighted by Gasteiger charge is 2.14. The van der Waals surface area contributed by atoms with Crippen molar-refractivity contribution >= 4 is 22.4 Å². The normalized spacial score (nSPS) is 10.4. The number of anilines is 1. The van der Waals surface area contributed by atoms with Crippen molar-refractivity contribution < 1.29 is 14.6 Å². The van der Waals surface area contributed by atoms with Gasteiger partial charge < -0.3 is 15.6 Å². The van der Waals surface area contributed by atoms with Crippen molar-refractivity contribution in [3.63, 3.8) is 0 Å². The Kier molecular flexibility index (Phi) is 4.25. The minimum Gasteiger partial charge on any atom is -0.488 e. The Labute approximate surface area is 137 Å². The molecule has 0 aliphatic rings. The molecular formula is C17H14N2O3S. The molecule has 0 saturated heterocycles. The topological polar surface area (TPSA) is 85.4 Å². The van der Waals surface area contributed by atoms with Crippen molar-refractivity contribution in [3.05, 3.63) is 65.0 Å². The molecule has 5 nitrogen and oxygen atoms in total. The maximum atomic E-state index is 11.5. The molecule has 23 heavy (non-hydrogen) atoms. The number of rotatable bonds is 5. The summed E-state index contributed by atoms with van der Waals surface area (Å²) in [6.45, 7) is 0.310. The third kappa shape index (κ3) is 3.49. The Hall–Kier alpha value is -2.86. The Morgan fingerprint density at radius 3 is 2.65 bits per heavy atom. The van der Waals surface area contributed by atoms with Gasteiger partial charge in [-0.25, -0.2) is 9.78 Å². The van der Waals surface area contributed by atoms with Crippen molar-refractivity contribution in [1.29, 1.82) is 0 Å². The predicted octanol–water partition coefficient (Wildman–Crippen LogP) is 3.67. The van der Waals surface area contributed by atoms with Crippen LogP contribution >= 0.6 is 11.3 Å². The Bertz CT molecular complexity index is 831. The van der Waals surface area contributed by atoms with Crippen LogP contribution in [0.1, 0.15) is 15.9 Å². The molecule has 0 aliphatic heterocycles. The Morgan fingerprint density at radius 1 is 1.22 bits per heavy atom. The lowest BCUT2D eigenvalue weighted by atomic mass is 10.1. The van der Waals surface area contributed by atoms with Gasteiger partial charge in [0.05, 0.1) is 5.69 Å². The van der Waals surface area contributed by atoms with E-state index in [0.29, 0.717) is 28.7 Å². The monoisotopic (exact) mass is 326 g/mol. The van der Waals surface area contributed by atoms with Crippen LogP contribution < -0.4 is 10.5 Å². The molecule has 0 amide bonds. The number of hydrogen-bond donors (Lipinski definition) is 2. The van der Waals surface area contributed by atoms with Crippen molar-refractivity contribution in [2.75, 3.05) is 5.73 Å². The van der Waals surface area contributed by atoms with Gasteiger partial charge in [-0.3, -0.25) is 0 Å². The molecule has 3 rings (SSSR count). The van der Waals surface area contributed by atoms with Crippen LogP contribution in [0.2, 0.25) is 0 Å². The van der Waals surface area contributed by atoms with Gasteiger partial charge in [0.1, 0.15) is 17.9 Å². The number of ether oxygens (including phenoxy) is 1. The van der Waals surface area contributed by atoms with Gasteiger partial charge in [0.15, 0.2) is 5.13 Å². The van der Waals surface area contributed by atoms with Gasteiger partial charge in [-0.2, -0.15) is 0 Å². The lowest BCUT2D eigenvalue weighted by Gasteiger charge is -2.10. The molecule has 0 spiro atoms. The van der Waals surface area contributed by atoms with Gasteiger partial charge >= 0.3 is 5.97 Å². The van der Waals surface area contributed by atoms with E-state index in [0.717, 1.165) is 5.56 Å². The zero-order valence-corrected chi connectivity index (χ0v) is 12.9. The van der Waals surface area contributed by atoms with Crippen molar-refractivity contribution in [1.82, 2.24) is 4.98 Å². The summed E-state index contributed by atoms with van der Waals surface area (Å²) in [6, 6.07) is 14.6. The van der Waals surface area contributed by atoms with Crippen molar-refractivity contribution in [2.45, 2.75) is 6.61 Å². The second-order valence-corrected chi connectivity index (χ2v) is 5.75. The molecule has 6 heteroatoms. The Balaban J connectivity index is 1.87. The first-order valence-corrected chi connectivity index (χ1v) is 7.77. The second-order valence-electron chi connectivity index (χ2n) is 4.86. The molecule has 0 bridgehead atoms. The molecule has 0 radical (unpaired) electrons. The van der Waals surface area contributed by atoms with Gasteiger partial charge in [-0.05, 0) is 23.8 Å². The molecule has 0 aliphatic carbocycles. The number of carboxylic acid groups (broad SMARTS) is 1. The molecule has 1 heterocycles. The van der Waals surface area contributed by atoms with Gasteiger partial charge in [0, 0.05) is 10.9 Å².